The zero-order valence-electron chi connectivity index (χ0n) is 15.2. The lowest BCUT2D eigenvalue weighted by Crippen LogP contribution is -2.37. The Bertz CT molecular complexity index is 1020. The summed E-state index contributed by atoms with van der Waals surface area (Å²) in [5.74, 6) is -1.10. The third-order valence-corrected chi connectivity index (χ3v) is 6.20. The van der Waals surface area contributed by atoms with Gasteiger partial charge in [-0.25, -0.2) is 9.96 Å². The van der Waals surface area contributed by atoms with Crippen molar-refractivity contribution in [2.24, 2.45) is 5.92 Å². The molecule has 28 heavy (non-hydrogen) atoms. The van der Waals surface area contributed by atoms with E-state index in [0.29, 0.717) is 5.69 Å². The lowest BCUT2D eigenvalue weighted by molar-refractivity contribution is -0.126. The normalized spacial score (nSPS) is 24.1. The van der Waals surface area contributed by atoms with Crippen LogP contribution in [0.5, 0.6) is 0 Å². The van der Waals surface area contributed by atoms with Crippen LogP contribution in [0, 0.1) is 12.8 Å². The smallest absolute Gasteiger partial charge is 0.266 e. The monoisotopic (exact) mass is 390 g/mol. The highest BCUT2D eigenvalue weighted by atomic mass is 32.1. The molecule has 0 N–H and O–H groups in total. The van der Waals surface area contributed by atoms with Crippen molar-refractivity contribution in [1.82, 2.24) is 0 Å². The van der Waals surface area contributed by atoms with E-state index in [4.69, 9.17) is 4.84 Å². The maximum absolute atomic E-state index is 13.4. The first-order valence-electron chi connectivity index (χ1n) is 9.14. The summed E-state index contributed by atoms with van der Waals surface area (Å²) >= 11 is 1.57. The van der Waals surface area contributed by atoms with Gasteiger partial charge >= 0.3 is 0 Å². The molecule has 6 heteroatoms. The minimum absolute atomic E-state index is 0.212. The number of amides is 2. The summed E-state index contributed by atoms with van der Waals surface area (Å²) in [6.45, 7) is 1.97. The summed E-state index contributed by atoms with van der Waals surface area (Å²) in [6, 6.07) is 20.6. The Hall–Kier alpha value is -2.96. The van der Waals surface area contributed by atoms with Crippen molar-refractivity contribution in [3.63, 3.8) is 0 Å². The van der Waals surface area contributed by atoms with Crippen molar-refractivity contribution < 1.29 is 14.4 Å². The first-order chi connectivity index (χ1) is 13.6. The molecule has 0 spiro atoms. The van der Waals surface area contributed by atoms with Crippen LogP contribution in [0.3, 0.4) is 0 Å². The lowest BCUT2D eigenvalue weighted by atomic mass is 9.95. The zero-order chi connectivity index (χ0) is 19.3. The lowest BCUT2D eigenvalue weighted by Gasteiger charge is -2.27. The summed E-state index contributed by atoms with van der Waals surface area (Å²) in [5.41, 5.74) is 2.50. The molecule has 1 aromatic heterocycles. The number of fused-ring (bicyclic) bond motifs is 1. The van der Waals surface area contributed by atoms with E-state index in [9.17, 15) is 9.59 Å². The number of imide groups is 1. The number of nitrogens with zero attached hydrogens (tertiary/aromatic N) is 2. The Balaban J connectivity index is 1.56. The highest BCUT2D eigenvalue weighted by molar-refractivity contribution is 7.10. The van der Waals surface area contributed by atoms with Crippen LogP contribution in [0.2, 0.25) is 0 Å². The number of aryl methyl sites for hydroxylation is 1. The zero-order valence-corrected chi connectivity index (χ0v) is 16.0. The fourth-order valence-corrected chi connectivity index (χ4v) is 4.76. The molecule has 2 aliphatic heterocycles. The standard InChI is InChI=1S/C22H18N2O3S/c1-14-9-11-15(12-10-14)23-21(25)18-19(17-8-5-13-28-17)24(27-20(18)22(23)26)16-6-3-2-4-7-16/h2-13,18-20H,1H3. The molecule has 0 saturated carbocycles. The number of hydroxylamine groups is 1. The predicted octanol–water partition coefficient (Wildman–Crippen LogP) is 4.11. The largest absolute Gasteiger partial charge is 0.273 e. The summed E-state index contributed by atoms with van der Waals surface area (Å²) < 4.78 is 0. The summed E-state index contributed by atoms with van der Waals surface area (Å²) in [5, 5.41) is 3.70. The topological polar surface area (TPSA) is 49.9 Å². The second kappa shape index (κ2) is 6.58. The molecule has 2 aliphatic rings. The Morgan fingerprint density at radius 1 is 0.857 bits per heavy atom. The van der Waals surface area contributed by atoms with Crippen LogP contribution < -0.4 is 9.96 Å². The van der Waals surface area contributed by atoms with Crippen LogP contribution >= 0.6 is 11.3 Å². The second-order valence-corrected chi connectivity index (χ2v) is 8.00. The first-order valence-corrected chi connectivity index (χ1v) is 10.0. The average Bonchev–Trinajstić information content (AvgIpc) is 3.42. The number of carbonyl (C=O) groups is 2. The SMILES string of the molecule is Cc1ccc(N2C(=O)C3ON(c4ccccc4)C(c4cccs4)C3C2=O)cc1. The Morgan fingerprint density at radius 3 is 2.29 bits per heavy atom. The average molecular weight is 390 g/mol. The minimum Gasteiger partial charge on any atom is -0.273 e. The van der Waals surface area contributed by atoms with Crippen molar-refractivity contribution in [1.29, 1.82) is 0 Å². The van der Waals surface area contributed by atoms with Gasteiger partial charge in [-0.05, 0) is 42.6 Å². The van der Waals surface area contributed by atoms with Crippen molar-refractivity contribution in [2.45, 2.75) is 19.1 Å². The molecular formula is C22H18N2O3S. The van der Waals surface area contributed by atoms with E-state index < -0.39 is 12.0 Å². The fraction of sp³-hybridized carbons (Fsp3) is 0.182. The maximum atomic E-state index is 13.4. The van der Waals surface area contributed by atoms with Gasteiger partial charge in [0.25, 0.3) is 5.91 Å². The third kappa shape index (κ3) is 2.57. The van der Waals surface area contributed by atoms with Crippen molar-refractivity contribution in [2.75, 3.05) is 9.96 Å². The molecule has 0 radical (unpaired) electrons. The molecule has 3 unspecified atom stereocenters. The van der Waals surface area contributed by atoms with Gasteiger partial charge in [-0.15, -0.1) is 11.3 Å². The van der Waals surface area contributed by atoms with Crippen LogP contribution in [0.25, 0.3) is 0 Å². The van der Waals surface area contributed by atoms with Crippen LogP contribution in [0.4, 0.5) is 11.4 Å². The molecular weight excluding hydrogens is 372 g/mol. The molecule has 5 nitrogen and oxygen atoms in total. The molecule has 3 aromatic rings. The summed E-state index contributed by atoms with van der Waals surface area (Å²) in [4.78, 5) is 34.9. The van der Waals surface area contributed by atoms with Gasteiger partial charge < -0.3 is 0 Å². The maximum Gasteiger partial charge on any atom is 0.266 e. The number of carbonyl (C=O) groups excluding carboxylic acids is 2. The van der Waals surface area contributed by atoms with E-state index in [0.717, 1.165) is 16.1 Å². The van der Waals surface area contributed by atoms with Crippen LogP contribution in [-0.2, 0) is 14.4 Å². The van der Waals surface area contributed by atoms with Gasteiger partial charge in [-0.1, -0.05) is 42.0 Å². The number of rotatable bonds is 3. The van der Waals surface area contributed by atoms with Gasteiger partial charge in [-0.2, -0.15) is 0 Å². The first kappa shape index (κ1) is 17.2. The molecule has 3 atom stereocenters. The Labute approximate surface area is 166 Å². The molecule has 2 saturated heterocycles. The number of hydrogen-bond acceptors (Lipinski definition) is 5. The van der Waals surface area contributed by atoms with Crippen LogP contribution in [-0.4, -0.2) is 17.9 Å². The van der Waals surface area contributed by atoms with Gasteiger partial charge in [0.05, 0.1) is 11.4 Å². The number of anilines is 2. The van der Waals surface area contributed by atoms with Gasteiger partial charge in [0.1, 0.15) is 12.0 Å². The van der Waals surface area contributed by atoms with Crippen molar-refractivity contribution >= 4 is 34.5 Å². The van der Waals surface area contributed by atoms with Gasteiger partial charge in [0.2, 0.25) is 5.91 Å². The molecule has 140 valence electrons. The van der Waals surface area contributed by atoms with Crippen LogP contribution in [0.1, 0.15) is 16.5 Å². The van der Waals surface area contributed by atoms with Gasteiger partial charge in [-0.3, -0.25) is 14.4 Å². The van der Waals surface area contributed by atoms with Gasteiger partial charge in [0, 0.05) is 4.88 Å². The van der Waals surface area contributed by atoms with Crippen molar-refractivity contribution in [3.05, 3.63) is 82.6 Å². The highest BCUT2D eigenvalue weighted by Gasteiger charge is 2.60. The molecule has 2 aromatic carbocycles. The molecule has 0 bridgehead atoms. The molecule has 2 amide bonds. The second-order valence-electron chi connectivity index (χ2n) is 7.02. The number of benzene rings is 2. The summed E-state index contributed by atoms with van der Waals surface area (Å²) in [6.07, 6.45) is -0.818. The minimum atomic E-state index is -0.818. The quantitative estimate of drug-likeness (QED) is 0.632. The Kier molecular flexibility index (Phi) is 4.03. The van der Waals surface area contributed by atoms with E-state index in [1.165, 1.54) is 4.90 Å². The Morgan fingerprint density at radius 2 is 1.61 bits per heavy atom. The van der Waals surface area contributed by atoms with E-state index in [1.54, 1.807) is 28.5 Å². The van der Waals surface area contributed by atoms with E-state index in [2.05, 4.69) is 0 Å². The van der Waals surface area contributed by atoms with E-state index in [-0.39, 0.29) is 17.9 Å². The molecule has 5 rings (SSSR count). The number of thiophene rings is 1. The van der Waals surface area contributed by atoms with Crippen molar-refractivity contribution in [3.8, 4) is 0 Å². The number of para-hydroxylation sites is 1. The van der Waals surface area contributed by atoms with Crippen LogP contribution in [0.15, 0.2) is 72.1 Å². The van der Waals surface area contributed by atoms with Gasteiger partial charge in [0.15, 0.2) is 6.10 Å². The predicted molar refractivity (Wildman–Crippen MR) is 108 cm³/mol. The molecule has 3 heterocycles. The summed E-state index contributed by atoms with van der Waals surface area (Å²) in [7, 11) is 0. The van der Waals surface area contributed by atoms with E-state index in [1.807, 2.05) is 66.9 Å². The molecule has 2 fully saturated rings. The third-order valence-electron chi connectivity index (χ3n) is 5.25. The highest BCUT2D eigenvalue weighted by Crippen LogP contribution is 2.48. The van der Waals surface area contributed by atoms with E-state index >= 15 is 0 Å². The fourth-order valence-electron chi connectivity index (χ4n) is 3.91. The number of hydrogen-bond donors (Lipinski definition) is 0. The molecule has 0 aliphatic carbocycles.